The molecule has 2 rings (SSSR count). The summed E-state index contributed by atoms with van der Waals surface area (Å²) in [6.45, 7) is 2.48. The molecule has 0 radical (unpaired) electrons. The van der Waals surface area contributed by atoms with Gasteiger partial charge in [0.05, 0.1) is 24.9 Å². The summed E-state index contributed by atoms with van der Waals surface area (Å²) in [6.07, 6.45) is 1.73. The highest BCUT2D eigenvalue weighted by Crippen LogP contribution is 2.28. The van der Waals surface area contributed by atoms with Crippen molar-refractivity contribution in [2.75, 3.05) is 12.4 Å². The Hall–Kier alpha value is -1.93. The molecule has 2 aromatic rings. The molecule has 2 N–H and O–H groups in total. The zero-order valence-electron chi connectivity index (χ0n) is 12.0. The maximum Gasteiger partial charge on any atom is 0.340 e. The average Bonchev–Trinajstić information content (AvgIpc) is 3.01. The Kier molecular flexibility index (Phi) is 4.92. The van der Waals surface area contributed by atoms with Crippen molar-refractivity contribution in [2.24, 2.45) is 7.05 Å². The van der Waals surface area contributed by atoms with Crippen molar-refractivity contribution in [3.8, 4) is 0 Å². The van der Waals surface area contributed by atoms with Crippen LogP contribution >= 0.6 is 23.6 Å². The van der Waals surface area contributed by atoms with Crippen molar-refractivity contribution < 1.29 is 9.53 Å². The number of aromatic nitrogens is 2. The molecule has 0 atom stereocenters. The number of aryl methyl sites for hydroxylation is 2. The van der Waals surface area contributed by atoms with Crippen LogP contribution in [0.1, 0.15) is 20.9 Å². The highest BCUT2D eigenvalue weighted by atomic mass is 32.1. The second kappa shape index (κ2) is 6.68. The van der Waals surface area contributed by atoms with Gasteiger partial charge in [-0.3, -0.25) is 4.68 Å². The smallest absolute Gasteiger partial charge is 0.340 e. The first-order valence-corrected chi connectivity index (χ1v) is 7.44. The summed E-state index contributed by atoms with van der Waals surface area (Å²) < 4.78 is 6.53. The fraction of sp³-hybridized carbons (Fsp3) is 0.308. The molecule has 2 aromatic heterocycles. The number of anilines is 1. The Balaban J connectivity index is 2.00. The van der Waals surface area contributed by atoms with E-state index in [1.165, 1.54) is 18.4 Å². The number of hydrogen-bond donors (Lipinski definition) is 2. The van der Waals surface area contributed by atoms with E-state index in [0.29, 0.717) is 22.2 Å². The number of carbonyl (C=O) groups is 1. The minimum absolute atomic E-state index is 0.378. The Labute approximate surface area is 132 Å². The van der Waals surface area contributed by atoms with Gasteiger partial charge in [0.1, 0.15) is 5.00 Å². The average molecular weight is 324 g/mol. The first-order chi connectivity index (χ1) is 10.0. The molecule has 0 unspecified atom stereocenters. The Bertz CT molecular complexity index is 663. The molecule has 0 bridgehead atoms. The van der Waals surface area contributed by atoms with Crippen LogP contribution in [-0.4, -0.2) is 28.0 Å². The first kappa shape index (κ1) is 15.5. The zero-order valence-corrected chi connectivity index (χ0v) is 13.6. The van der Waals surface area contributed by atoms with Crippen LogP contribution in [0.25, 0.3) is 0 Å². The van der Waals surface area contributed by atoms with E-state index in [9.17, 15) is 4.79 Å². The minimum Gasteiger partial charge on any atom is -0.465 e. The fourth-order valence-electron chi connectivity index (χ4n) is 1.76. The summed E-state index contributed by atoms with van der Waals surface area (Å²) in [7, 11) is 3.23. The number of nitrogens with one attached hydrogen (secondary N) is 2. The van der Waals surface area contributed by atoms with Gasteiger partial charge in [-0.15, -0.1) is 11.3 Å². The zero-order chi connectivity index (χ0) is 15.4. The SMILES string of the molecule is COC(=O)c1cc(C)sc1NC(=S)NCc1ccnn1C. The number of methoxy groups -OCH3 is 1. The van der Waals surface area contributed by atoms with Crippen LogP contribution in [0.5, 0.6) is 0 Å². The lowest BCUT2D eigenvalue weighted by Gasteiger charge is -2.10. The molecule has 2 heterocycles. The van der Waals surface area contributed by atoms with Crippen molar-refractivity contribution in [1.29, 1.82) is 0 Å². The van der Waals surface area contributed by atoms with Crippen LogP contribution in [0, 0.1) is 6.92 Å². The van der Waals surface area contributed by atoms with E-state index in [4.69, 9.17) is 17.0 Å². The van der Waals surface area contributed by atoms with E-state index in [1.807, 2.05) is 20.0 Å². The van der Waals surface area contributed by atoms with Gasteiger partial charge < -0.3 is 15.4 Å². The van der Waals surface area contributed by atoms with Crippen molar-refractivity contribution >= 4 is 39.6 Å². The highest BCUT2D eigenvalue weighted by molar-refractivity contribution is 7.80. The summed E-state index contributed by atoms with van der Waals surface area (Å²) in [6, 6.07) is 3.69. The molecular formula is C13H16N4O2S2. The lowest BCUT2D eigenvalue weighted by atomic mass is 10.3. The topological polar surface area (TPSA) is 68.2 Å². The fourth-order valence-corrected chi connectivity index (χ4v) is 2.90. The van der Waals surface area contributed by atoms with Crippen molar-refractivity contribution in [3.05, 3.63) is 34.5 Å². The molecule has 0 aliphatic rings. The maximum absolute atomic E-state index is 11.7. The molecule has 0 saturated heterocycles. The molecule has 0 fully saturated rings. The Morgan fingerprint density at radius 1 is 1.57 bits per heavy atom. The summed E-state index contributed by atoms with van der Waals surface area (Å²) >= 11 is 6.70. The van der Waals surface area contributed by atoms with Crippen molar-refractivity contribution in [1.82, 2.24) is 15.1 Å². The number of esters is 1. The van der Waals surface area contributed by atoms with E-state index in [1.54, 1.807) is 16.9 Å². The Morgan fingerprint density at radius 2 is 2.33 bits per heavy atom. The molecular weight excluding hydrogens is 308 g/mol. The van der Waals surface area contributed by atoms with Gasteiger partial charge in [-0.2, -0.15) is 5.10 Å². The van der Waals surface area contributed by atoms with Crippen LogP contribution in [0.2, 0.25) is 0 Å². The molecule has 112 valence electrons. The molecule has 8 heteroatoms. The lowest BCUT2D eigenvalue weighted by Crippen LogP contribution is -2.29. The molecule has 6 nitrogen and oxygen atoms in total. The highest BCUT2D eigenvalue weighted by Gasteiger charge is 2.16. The number of ether oxygens (including phenoxy) is 1. The van der Waals surface area contributed by atoms with Gasteiger partial charge in [0.2, 0.25) is 0 Å². The number of thiophene rings is 1. The standard InChI is InChI=1S/C13H16N4O2S2/c1-8-6-10(12(18)19-3)11(21-8)16-13(20)14-7-9-4-5-15-17(9)2/h4-6H,7H2,1-3H3,(H2,14,16,20). The first-order valence-electron chi connectivity index (χ1n) is 6.21. The third-order valence-corrected chi connectivity index (χ3v) is 4.05. The van der Waals surface area contributed by atoms with E-state index in [-0.39, 0.29) is 5.97 Å². The quantitative estimate of drug-likeness (QED) is 0.663. The van der Waals surface area contributed by atoms with Gasteiger partial charge in [-0.05, 0) is 31.3 Å². The second-order valence-electron chi connectivity index (χ2n) is 4.35. The van der Waals surface area contributed by atoms with E-state index in [0.717, 1.165) is 10.6 Å². The van der Waals surface area contributed by atoms with Crippen molar-refractivity contribution in [3.63, 3.8) is 0 Å². The lowest BCUT2D eigenvalue weighted by molar-refractivity contribution is 0.0602. The normalized spacial score (nSPS) is 10.2. The van der Waals surface area contributed by atoms with E-state index < -0.39 is 0 Å². The number of rotatable bonds is 4. The number of carbonyl (C=O) groups excluding carboxylic acids is 1. The summed E-state index contributed by atoms with van der Waals surface area (Å²) in [5.74, 6) is -0.378. The minimum atomic E-state index is -0.378. The predicted octanol–water partition coefficient (Wildman–Crippen LogP) is 2.06. The van der Waals surface area contributed by atoms with Gasteiger partial charge in [-0.1, -0.05) is 0 Å². The monoisotopic (exact) mass is 324 g/mol. The number of thiocarbonyl (C=S) groups is 1. The number of nitrogens with zero attached hydrogens (tertiary/aromatic N) is 2. The van der Waals surface area contributed by atoms with Crippen LogP contribution < -0.4 is 10.6 Å². The van der Waals surface area contributed by atoms with E-state index >= 15 is 0 Å². The largest absolute Gasteiger partial charge is 0.465 e. The summed E-state index contributed by atoms with van der Waals surface area (Å²) in [4.78, 5) is 12.7. The summed E-state index contributed by atoms with van der Waals surface area (Å²) in [5, 5.41) is 11.3. The molecule has 0 amide bonds. The molecule has 21 heavy (non-hydrogen) atoms. The molecule has 0 aromatic carbocycles. The molecule has 0 aliphatic carbocycles. The Morgan fingerprint density at radius 3 is 2.95 bits per heavy atom. The van der Waals surface area contributed by atoms with Crippen LogP contribution in [-0.2, 0) is 18.3 Å². The molecule has 0 aliphatic heterocycles. The van der Waals surface area contributed by atoms with Gasteiger partial charge in [-0.25, -0.2) is 4.79 Å². The third-order valence-electron chi connectivity index (χ3n) is 2.84. The van der Waals surface area contributed by atoms with Gasteiger partial charge in [0, 0.05) is 18.1 Å². The second-order valence-corrected chi connectivity index (χ2v) is 6.01. The molecule has 0 saturated carbocycles. The van der Waals surface area contributed by atoms with Gasteiger partial charge in [0.15, 0.2) is 5.11 Å². The van der Waals surface area contributed by atoms with E-state index in [2.05, 4.69) is 15.7 Å². The number of hydrogen-bond acceptors (Lipinski definition) is 5. The maximum atomic E-state index is 11.7. The van der Waals surface area contributed by atoms with Crippen LogP contribution in [0.3, 0.4) is 0 Å². The third kappa shape index (κ3) is 3.79. The predicted molar refractivity (Wildman–Crippen MR) is 86.7 cm³/mol. The van der Waals surface area contributed by atoms with Gasteiger partial charge in [0.25, 0.3) is 0 Å². The van der Waals surface area contributed by atoms with Gasteiger partial charge >= 0.3 is 5.97 Å². The summed E-state index contributed by atoms with van der Waals surface area (Å²) in [5.41, 5.74) is 1.50. The van der Waals surface area contributed by atoms with Crippen LogP contribution in [0.15, 0.2) is 18.3 Å². The molecule has 0 spiro atoms. The van der Waals surface area contributed by atoms with Crippen LogP contribution in [0.4, 0.5) is 5.00 Å². The van der Waals surface area contributed by atoms with Crippen molar-refractivity contribution in [2.45, 2.75) is 13.5 Å².